The number of ether oxygens (including phenoxy) is 1. The molecular weight excluding hydrogens is 486 g/mol. The smallest absolute Gasteiger partial charge is 0.244 e. The minimum atomic E-state index is -4.01. The number of rotatable bonds is 6. The zero-order chi connectivity index (χ0) is 23.8. The highest BCUT2D eigenvalue weighted by molar-refractivity contribution is 7.93. The number of hydrogen-bond donors (Lipinski definition) is 1. The Morgan fingerprint density at radius 1 is 1.09 bits per heavy atom. The average molecular weight is 510 g/mol. The van der Waals surface area contributed by atoms with E-state index in [0.29, 0.717) is 23.7 Å². The Hall–Kier alpha value is -2.54. The van der Waals surface area contributed by atoms with Crippen molar-refractivity contribution in [2.75, 3.05) is 31.8 Å². The number of sulfonamides is 1. The topological polar surface area (TPSA) is 123 Å². The summed E-state index contributed by atoms with van der Waals surface area (Å²) in [6.45, 7) is 0.241. The fourth-order valence-electron chi connectivity index (χ4n) is 3.76. The summed E-state index contributed by atoms with van der Waals surface area (Å²) >= 11 is 1.34. The van der Waals surface area contributed by atoms with Gasteiger partial charge < -0.3 is 10.1 Å². The maximum absolute atomic E-state index is 13.1. The summed E-state index contributed by atoms with van der Waals surface area (Å²) in [4.78, 5) is 16.7. The van der Waals surface area contributed by atoms with Crippen LogP contribution in [0.4, 0.5) is 5.13 Å². The van der Waals surface area contributed by atoms with Crippen molar-refractivity contribution in [1.29, 1.82) is 0 Å². The summed E-state index contributed by atoms with van der Waals surface area (Å²) in [5.74, 6) is 0.118. The lowest BCUT2D eigenvalue weighted by Gasteiger charge is -2.30. The Balaban J connectivity index is 1.44. The third-order valence-corrected chi connectivity index (χ3v) is 9.69. The molecule has 0 bridgehead atoms. The third kappa shape index (κ3) is 4.88. The van der Waals surface area contributed by atoms with E-state index in [0.717, 1.165) is 16.5 Å². The Bertz CT molecular complexity index is 1410. The Morgan fingerprint density at radius 3 is 2.39 bits per heavy atom. The predicted molar refractivity (Wildman–Crippen MR) is 126 cm³/mol. The van der Waals surface area contributed by atoms with Gasteiger partial charge in [0.25, 0.3) is 0 Å². The van der Waals surface area contributed by atoms with Gasteiger partial charge in [-0.1, -0.05) is 23.5 Å². The molecular formula is C21H23N3O6S3. The van der Waals surface area contributed by atoms with Gasteiger partial charge in [0.05, 0.1) is 22.2 Å². The fraction of sp³-hybridized carbons (Fsp3) is 0.333. The van der Waals surface area contributed by atoms with Crippen LogP contribution >= 0.6 is 11.3 Å². The van der Waals surface area contributed by atoms with Gasteiger partial charge in [0.15, 0.2) is 15.0 Å². The molecule has 9 nitrogen and oxygen atoms in total. The lowest BCUT2D eigenvalue weighted by molar-refractivity contribution is -0.120. The molecule has 1 aliphatic rings. The van der Waals surface area contributed by atoms with E-state index in [-0.39, 0.29) is 34.7 Å². The first-order valence-corrected chi connectivity index (χ1v) is 14.3. The molecule has 33 heavy (non-hydrogen) atoms. The Kier molecular flexibility index (Phi) is 6.45. The lowest BCUT2D eigenvalue weighted by atomic mass is 9.97. The second kappa shape index (κ2) is 9.01. The number of benzene rings is 2. The minimum Gasteiger partial charge on any atom is -0.497 e. The standard InChI is InChI=1S/C21H23N3O6S3/c1-30-15-7-8-16-17(13-15)31-21(22-16)23-20(25)14-9-11-24(12-10-14)33(28,29)19-6-4-3-5-18(19)32(2,26)27/h3-8,13-14H,9-12H2,1-2H3,(H,22,23,25). The fourth-order valence-corrected chi connectivity index (χ4v) is 7.73. The van der Waals surface area contributed by atoms with Gasteiger partial charge in [-0.05, 0) is 43.2 Å². The molecule has 0 saturated carbocycles. The zero-order valence-electron chi connectivity index (χ0n) is 18.0. The summed E-state index contributed by atoms with van der Waals surface area (Å²) in [6.07, 6.45) is 1.63. The van der Waals surface area contributed by atoms with Gasteiger partial charge in [0.1, 0.15) is 10.6 Å². The van der Waals surface area contributed by atoms with Crippen LogP contribution in [0.2, 0.25) is 0 Å². The van der Waals surface area contributed by atoms with E-state index in [4.69, 9.17) is 4.74 Å². The average Bonchev–Trinajstić information content (AvgIpc) is 3.19. The SMILES string of the molecule is COc1ccc2nc(NC(=O)C3CCN(S(=O)(=O)c4ccccc4S(C)(=O)=O)CC3)sc2c1. The Morgan fingerprint density at radius 2 is 1.76 bits per heavy atom. The van der Waals surface area contributed by atoms with Gasteiger partial charge in [-0.25, -0.2) is 21.8 Å². The monoisotopic (exact) mass is 509 g/mol. The highest BCUT2D eigenvalue weighted by Crippen LogP contribution is 2.31. The zero-order valence-corrected chi connectivity index (χ0v) is 20.5. The summed E-state index contributed by atoms with van der Waals surface area (Å²) in [5.41, 5.74) is 0.751. The highest BCUT2D eigenvalue weighted by atomic mass is 32.2. The van der Waals surface area contributed by atoms with Crippen LogP contribution in [0.3, 0.4) is 0 Å². The van der Waals surface area contributed by atoms with Gasteiger partial charge in [0, 0.05) is 25.3 Å². The van der Waals surface area contributed by atoms with E-state index in [1.807, 2.05) is 12.1 Å². The van der Waals surface area contributed by atoms with Crippen LogP contribution in [0.15, 0.2) is 52.3 Å². The molecule has 2 heterocycles. The van der Waals surface area contributed by atoms with Crippen LogP contribution in [0.5, 0.6) is 5.75 Å². The number of anilines is 1. The lowest BCUT2D eigenvalue weighted by Crippen LogP contribution is -2.41. The number of amides is 1. The number of hydrogen-bond acceptors (Lipinski definition) is 8. The quantitative estimate of drug-likeness (QED) is 0.542. The van der Waals surface area contributed by atoms with Gasteiger partial charge >= 0.3 is 0 Å². The van der Waals surface area contributed by atoms with Crippen molar-refractivity contribution in [3.05, 3.63) is 42.5 Å². The van der Waals surface area contributed by atoms with Gasteiger partial charge in [-0.2, -0.15) is 4.31 Å². The van der Waals surface area contributed by atoms with Crippen molar-refractivity contribution < 1.29 is 26.4 Å². The summed E-state index contributed by atoms with van der Waals surface area (Å²) in [6, 6.07) is 11.0. The Labute approximate surface area is 196 Å². The summed E-state index contributed by atoms with van der Waals surface area (Å²) < 4.78 is 57.7. The molecule has 0 spiro atoms. The number of thiazole rings is 1. The number of sulfone groups is 1. The number of carbonyl (C=O) groups is 1. The molecule has 0 unspecified atom stereocenters. The van der Waals surface area contributed by atoms with Crippen LogP contribution in [-0.2, 0) is 24.7 Å². The molecule has 0 aliphatic carbocycles. The van der Waals surface area contributed by atoms with E-state index in [1.165, 1.54) is 39.9 Å². The largest absolute Gasteiger partial charge is 0.497 e. The van der Waals surface area contributed by atoms with Crippen LogP contribution in [0.25, 0.3) is 10.2 Å². The number of nitrogens with zero attached hydrogens (tertiary/aromatic N) is 2. The number of piperidine rings is 1. The molecule has 0 atom stereocenters. The predicted octanol–water partition coefficient (Wildman–Crippen LogP) is 2.75. The van der Waals surface area contributed by atoms with Gasteiger partial charge in [-0.15, -0.1) is 0 Å². The van der Waals surface area contributed by atoms with Crippen molar-refractivity contribution >= 4 is 52.5 Å². The van der Waals surface area contributed by atoms with E-state index in [2.05, 4.69) is 10.3 Å². The molecule has 4 rings (SSSR count). The maximum atomic E-state index is 13.1. The van der Waals surface area contributed by atoms with Gasteiger partial charge in [-0.3, -0.25) is 4.79 Å². The van der Waals surface area contributed by atoms with Crippen molar-refractivity contribution in [3.8, 4) is 5.75 Å². The van der Waals surface area contributed by atoms with Crippen molar-refractivity contribution in [2.45, 2.75) is 22.6 Å². The molecule has 1 saturated heterocycles. The number of fused-ring (bicyclic) bond motifs is 1. The second-order valence-corrected chi connectivity index (χ2v) is 12.7. The van der Waals surface area contributed by atoms with Gasteiger partial charge in [0.2, 0.25) is 15.9 Å². The molecule has 0 radical (unpaired) electrons. The number of aromatic nitrogens is 1. The molecule has 1 fully saturated rings. The van der Waals surface area contributed by atoms with Crippen LogP contribution < -0.4 is 10.1 Å². The van der Waals surface area contributed by atoms with Crippen LogP contribution in [-0.4, -0.2) is 58.5 Å². The molecule has 2 aromatic carbocycles. The highest BCUT2D eigenvalue weighted by Gasteiger charge is 2.34. The van der Waals surface area contributed by atoms with Crippen LogP contribution in [0, 0.1) is 5.92 Å². The first-order valence-electron chi connectivity index (χ1n) is 10.1. The van der Waals surface area contributed by atoms with Crippen molar-refractivity contribution in [1.82, 2.24) is 9.29 Å². The second-order valence-electron chi connectivity index (χ2n) is 7.74. The van der Waals surface area contributed by atoms with E-state index >= 15 is 0 Å². The van der Waals surface area contributed by atoms with E-state index < -0.39 is 19.9 Å². The molecule has 1 aliphatic heterocycles. The molecule has 1 N–H and O–H groups in total. The number of carbonyl (C=O) groups excluding carboxylic acids is 1. The third-order valence-electron chi connectivity index (χ3n) is 5.52. The first kappa shape index (κ1) is 23.6. The molecule has 1 aromatic heterocycles. The maximum Gasteiger partial charge on any atom is 0.244 e. The first-order chi connectivity index (χ1) is 15.6. The van der Waals surface area contributed by atoms with E-state index in [9.17, 15) is 21.6 Å². The molecule has 3 aromatic rings. The van der Waals surface area contributed by atoms with E-state index in [1.54, 1.807) is 13.2 Å². The number of nitrogens with one attached hydrogen (secondary N) is 1. The summed E-state index contributed by atoms with van der Waals surface area (Å²) in [7, 11) is -6.14. The van der Waals surface area contributed by atoms with Crippen molar-refractivity contribution in [2.24, 2.45) is 5.92 Å². The normalized spacial score (nSPS) is 16.1. The van der Waals surface area contributed by atoms with Crippen LogP contribution in [0.1, 0.15) is 12.8 Å². The summed E-state index contributed by atoms with van der Waals surface area (Å²) in [5, 5.41) is 3.31. The molecule has 176 valence electrons. The minimum absolute atomic E-state index is 0.121. The van der Waals surface area contributed by atoms with Crippen molar-refractivity contribution in [3.63, 3.8) is 0 Å². The number of methoxy groups -OCH3 is 1. The molecule has 12 heteroatoms. The molecule has 1 amide bonds.